The van der Waals surface area contributed by atoms with Gasteiger partial charge in [-0.3, -0.25) is 4.79 Å². The first-order valence-electron chi connectivity index (χ1n) is 9.26. The molecular weight excluding hydrogens is 300 g/mol. The van der Waals surface area contributed by atoms with Crippen LogP contribution < -0.4 is 0 Å². The van der Waals surface area contributed by atoms with Crippen LogP contribution in [0.25, 0.3) is 5.57 Å². The Morgan fingerprint density at radius 3 is 2.88 bits per heavy atom. The molecule has 0 unspecified atom stereocenters. The van der Waals surface area contributed by atoms with Gasteiger partial charge in [0.2, 0.25) is 0 Å². The first-order valence-corrected chi connectivity index (χ1v) is 9.26. The molecule has 1 aromatic rings. The third-order valence-corrected chi connectivity index (χ3v) is 7.67. The van der Waals surface area contributed by atoms with E-state index in [0.717, 1.165) is 37.9 Å². The number of allylic oxidation sites excluding steroid dienone is 1. The molecule has 2 fully saturated rings. The number of carbonyl (C=O) groups is 1. The minimum Gasteiger partial charge on any atom is -0.469 e. The molecule has 1 heterocycles. The minimum atomic E-state index is -0.350. The van der Waals surface area contributed by atoms with Gasteiger partial charge >= 0.3 is 5.97 Å². The van der Waals surface area contributed by atoms with Crippen LogP contribution >= 0.6 is 0 Å². The number of hydrogen-bond donors (Lipinski definition) is 0. The molecule has 24 heavy (non-hydrogen) atoms. The third-order valence-electron chi connectivity index (χ3n) is 7.67. The van der Waals surface area contributed by atoms with Crippen LogP contribution in [0.3, 0.4) is 0 Å². The highest BCUT2D eigenvalue weighted by Gasteiger charge is 2.60. The molecule has 0 spiro atoms. The number of carbonyl (C=O) groups excluding carboxylic acids is 1. The standard InChI is InChI=1S/C21H28O3/c1-13-14-6-7-18-20(2,9-5-10-21(18,3)19(22)23-4)16(14)12-17-15(13)8-11-24-17/h8,11,14,16,18H,1,5-7,9-10,12H2,2-4H3/t14-,16-,18+,20+,21-/m0/s1. The summed E-state index contributed by atoms with van der Waals surface area (Å²) in [6.07, 6.45) is 8.23. The fraction of sp³-hybridized carbons (Fsp3) is 0.667. The molecule has 3 aliphatic rings. The van der Waals surface area contributed by atoms with Crippen molar-refractivity contribution < 1.29 is 13.9 Å². The summed E-state index contributed by atoms with van der Waals surface area (Å²) >= 11 is 0. The van der Waals surface area contributed by atoms with E-state index in [-0.39, 0.29) is 16.8 Å². The summed E-state index contributed by atoms with van der Waals surface area (Å²) in [6, 6.07) is 2.07. The van der Waals surface area contributed by atoms with E-state index >= 15 is 0 Å². The van der Waals surface area contributed by atoms with Crippen LogP contribution in [0.4, 0.5) is 0 Å². The van der Waals surface area contributed by atoms with Crippen molar-refractivity contribution >= 4 is 11.5 Å². The highest BCUT2D eigenvalue weighted by atomic mass is 16.5. The van der Waals surface area contributed by atoms with E-state index in [1.165, 1.54) is 24.7 Å². The molecule has 0 N–H and O–H groups in total. The summed E-state index contributed by atoms with van der Waals surface area (Å²) in [7, 11) is 1.53. The Labute approximate surface area is 144 Å². The van der Waals surface area contributed by atoms with Crippen LogP contribution in [-0.2, 0) is 16.0 Å². The Hall–Kier alpha value is -1.51. The van der Waals surface area contributed by atoms with Gasteiger partial charge < -0.3 is 9.15 Å². The molecular formula is C21H28O3. The zero-order chi connectivity index (χ0) is 17.1. The van der Waals surface area contributed by atoms with Gasteiger partial charge in [0.25, 0.3) is 0 Å². The van der Waals surface area contributed by atoms with Gasteiger partial charge in [0.05, 0.1) is 18.8 Å². The lowest BCUT2D eigenvalue weighted by Gasteiger charge is -2.60. The van der Waals surface area contributed by atoms with Crippen LogP contribution in [0.1, 0.15) is 57.3 Å². The van der Waals surface area contributed by atoms with Crippen LogP contribution in [0, 0.1) is 28.6 Å². The highest BCUT2D eigenvalue weighted by molar-refractivity contribution is 5.77. The van der Waals surface area contributed by atoms with Gasteiger partial charge in [-0.05, 0) is 67.4 Å². The summed E-state index contributed by atoms with van der Waals surface area (Å²) in [5.41, 5.74) is 2.28. The van der Waals surface area contributed by atoms with Gasteiger partial charge in [-0.1, -0.05) is 19.9 Å². The molecule has 5 atom stereocenters. The number of ether oxygens (including phenoxy) is 1. The number of furan rings is 1. The largest absolute Gasteiger partial charge is 0.469 e. The topological polar surface area (TPSA) is 39.4 Å². The van der Waals surface area contributed by atoms with E-state index in [2.05, 4.69) is 26.5 Å². The molecule has 1 aromatic heterocycles. The summed E-state index contributed by atoms with van der Waals surface area (Å²) < 4.78 is 11.0. The monoisotopic (exact) mass is 328 g/mol. The molecule has 0 aliphatic heterocycles. The summed E-state index contributed by atoms with van der Waals surface area (Å²) in [6.45, 7) is 8.97. The smallest absolute Gasteiger partial charge is 0.311 e. The SMILES string of the molecule is C=C1c2ccoc2C[C@H]2[C@H]1CC[C@@H]1[C@]2(C)CCC[C@]1(C)C(=O)OC. The summed E-state index contributed by atoms with van der Waals surface area (Å²) in [5.74, 6) is 2.50. The van der Waals surface area contributed by atoms with Crippen LogP contribution in [0.5, 0.6) is 0 Å². The van der Waals surface area contributed by atoms with Crippen LogP contribution in [-0.4, -0.2) is 13.1 Å². The van der Waals surface area contributed by atoms with Gasteiger partial charge in [0, 0.05) is 12.0 Å². The predicted octanol–water partition coefficient (Wildman–Crippen LogP) is 4.86. The van der Waals surface area contributed by atoms with Gasteiger partial charge in [0.1, 0.15) is 5.76 Å². The lowest BCUT2D eigenvalue weighted by Crippen LogP contribution is -2.56. The Balaban J connectivity index is 1.75. The third kappa shape index (κ3) is 1.93. The van der Waals surface area contributed by atoms with E-state index in [0.29, 0.717) is 17.8 Å². The number of fused-ring (bicyclic) bond motifs is 4. The fourth-order valence-electron chi connectivity index (χ4n) is 6.47. The van der Waals surface area contributed by atoms with E-state index in [1.807, 2.05) is 0 Å². The fourth-order valence-corrected chi connectivity index (χ4v) is 6.47. The van der Waals surface area contributed by atoms with Crippen molar-refractivity contribution in [2.24, 2.45) is 28.6 Å². The van der Waals surface area contributed by atoms with Crippen molar-refractivity contribution in [3.05, 3.63) is 30.2 Å². The second kappa shape index (κ2) is 5.24. The molecule has 0 radical (unpaired) electrons. The summed E-state index contributed by atoms with van der Waals surface area (Å²) in [5, 5.41) is 0. The lowest BCUT2D eigenvalue weighted by atomic mass is 9.44. The Kier molecular flexibility index (Phi) is 3.49. The highest BCUT2D eigenvalue weighted by Crippen LogP contribution is 2.64. The van der Waals surface area contributed by atoms with Crippen LogP contribution in [0.2, 0.25) is 0 Å². The number of esters is 1. The van der Waals surface area contributed by atoms with Crippen LogP contribution in [0.15, 0.2) is 23.3 Å². The van der Waals surface area contributed by atoms with Crippen molar-refractivity contribution in [3.63, 3.8) is 0 Å². The quantitative estimate of drug-likeness (QED) is 0.691. The first kappa shape index (κ1) is 16.0. The maximum Gasteiger partial charge on any atom is 0.311 e. The molecule has 0 bridgehead atoms. The number of hydrogen-bond acceptors (Lipinski definition) is 3. The summed E-state index contributed by atoms with van der Waals surface area (Å²) in [4.78, 5) is 12.6. The molecule has 3 aliphatic carbocycles. The minimum absolute atomic E-state index is 0.0230. The van der Waals surface area contributed by atoms with Crippen molar-refractivity contribution in [3.8, 4) is 0 Å². The Bertz CT molecular complexity index is 687. The van der Waals surface area contributed by atoms with Gasteiger partial charge in [0.15, 0.2) is 0 Å². The maximum atomic E-state index is 12.6. The zero-order valence-electron chi connectivity index (χ0n) is 15.1. The Morgan fingerprint density at radius 2 is 2.12 bits per heavy atom. The average Bonchev–Trinajstić information content (AvgIpc) is 3.03. The normalized spacial score (nSPS) is 41.1. The van der Waals surface area contributed by atoms with Gasteiger partial charge in [-0.25, -0.2) is 0 Å². The number of methoxy groups -OCH3 is 1. The molecule has 0 saturated heterocycles. The van der Waals surface area contributed by atoms with E-state index in [4.69, 9.17) is 9.15 Å². The van der Waals surface area contributed by atoms with E-state index in [1.54, 1.807) is 6.26 Å². The molecule has 0 aromatic carbocycles. The Morgan fingerprint density at radius 1 is 1.33 bits per heavy atom. The van der Waals surface area contributed by atoms with Gasteiger partial charge in [-0.2, -0.15) is 0 Å². The van der Waals surface area contributed by atoms with Crippen molar-refractivity contribution in [2.75, 3.05) is 7.11 Å². The molecule has 3 nitrogen and oxygen atoms in total. The lowest BCUT2D eigenvalue weighted by molar-refractivity contribution is -0.172. The molecule has 4 rings (SSSR count). The second-order valence-electron chi connectivity index (χ2n) is 8.60. The zero-order valence-corrected chi connectivity index (χ0v) is 15.1. The average molecular weight is 328 g/mol. The number of rotatable bonds is 1. The van der Waals surface area contributed by atoms with Crippen molar-refractivity contribution in [1.82, 2.24) is 0 Å². The van der Waals surface area contributed by atoms with Crippen molar-refractivity contribution in [1.29, 1.82) is 0 Å². The van der Waals surface area contributed by atoms with E-state index < -0.39 is 0 Å². The first-order chi connectivity index (χ1) is 11.4. The van der Waals surface area contributed by atoms with E-state index in [9.17, 15) is 4.79 Å². The molecule has 130 valence electrons. The van der Waals surface area contributed by atoms with Crippen molar-refractivity contribution in [2.45, 2.75) is 52.4 Å². The maximum absolute atomic E-state index is 12.6. The molecule has 0 amide bonds. The molecule has 2 saturated carbocycles. The van der Waals surface area contributed by atoms with Gasteiger partial charge in [-0.15, -0.1) is 0 Å². The predicted molar refractivity (Wildman–Crippen MR) is 93.2 cm³/mol. The molecule has 3 heteroatoms. The second-order valence-corrected chi connectivity index (χ2v) is 8.60.